The average molecular weight is 246 g/mol. The number of ketones is 2. The molecule has 0 aromatic rings. The van der Waals surface area contributed by atoms with Gasteiger partial charge >= 0.3 is 5.97 Å². The minimum absolute atomic E-state index is 0. The molecule has 0 heterocycles. The minimum Gasteiger partial charge on any atom is -0.465 e. The maximum absolute atomic E-state index is 11.0. The predicted octanol–water partition coefficient (Wildman–Crippen LogP) is 1.04. The number of esters is 1. The van der Waals surface area contributed by atoms with Crippen LogP contribution in [0.25, 0.3) is 0 Å². The van der Waals surface area contributed by atoms with Gasteiger partial charge in [0.1, 0.15) is 12.2 Å². The molecule has 0 radical (unpaired) electrons. The summed E-state index contributed by atoms with van der Waals surface area (Å²) >= 11 is 0. The molecule has 0 atom stereocenters. The fourth-order valence-electron chi connectivity index (χ4n) is 0.725. The number of hydrogen-bond acceptors (Lipinski definition) is 4. The molecule has 0 aliphatic heterocycles. The Morgan fingerprint density at radius 3 is 2.13 bits per heavy atom. The van der Waals surface area contributed by atoms with Crippen molar-refractivity contribution in [2.75, 3.05) is 6.61 Å². The van der Waals surface area contributed by atoms with Crippen molar-refractivity contribution in [1.29, 1.82) is 0 Å². The van der Waals surface area contributed by atoms with E-state index in [0.29, 0.717) is 5.57 Å². The molecule has 0 fully saturated rings. The number of ether oxygens (including phenoxy) is 1. The second-order valence-electron chi connectivity index (χ2n) is 3.05. The van der Waals surface area contributed by atoms with Gasteiger partial charge in [-0.05, 0) is 19.4 Å². The van der Waals surface area contributed by atoms with E-state index >= 15 is 0 Å². The fourth-order valence-corrected chi connectivity index (χ4v) is 0.725. The van der Waals surface area contributed by atoms with Gasteiger partial charge in [0.15, 0.2) is 5.78 Å². The molecule has 0 aliphatic rings. The summed E-state index contributed by atoms with van der Waals surface area (Å²) in [4.78, 5) is 32.3. The first-order valence-corrected chi connectivity index (χ1v) is 4.27. The first-order chi connectivity index (χ1) is 6.43. The monoisotopic (exact) mass is 246 g/mol. The molecule has 0 saturated heterocycles. The van der Waals surface area contributed by atoms with E-state index in [-0.39, 0.29) is 52.7 Å². The van der Waals surface area contributed by atoms with E-state index in [9.17, 15) is 14.4 Å². The third-order valence-electron chi connectivity index (χ3n) is 1.46. The topological polar surface area (TPSA) is 60.4 Å². The van der Waals surface area contributed by atoms with Crippen LogP contribution < -0.4 is 0 Å². The second-order valence-corrected chi connectivity index (χ2v) is 3.05. The SMILES string of the molecule is C=C(C)C(=O)CCOC(=O)CC(C)=O.[Ti]. The number of carbonyl (C=O) groups is 3. The predicted molar refractivity (Wildman–Crippen MR) is 50.7 cm³/mol. The zero-order valence-corrected chi connectivity index (χ0v) is 10.5. The van der Waals surface area contributed by atoms with Gasteiger partial charge in [-0.25, -0.2) is 0 Å². The molecule has 82 valence electrons. The normalized spacial score (nSPS) is 8.67. The van der Waals surface area contributed by atoms with Crippen molar-refractivity contribution in [2.45, 2.75) is 26.7 Å². The number of hydrogen-bond donors (Lipinski definition) is 0. The van der Waals surface area contributed by atoms with Crippen LogP contribution >= 0.6 is 0 Å². The summed E-state index contributed by atoms with van der Waals surface area (Å²) in [5.41, 5.74) is 0.438. The molecule has 0 aromatic carbocycles. The van der Waals surface area contributed by atoms with E-state index in [2.05, 4.69) is 11.3 Å². The third-order valence-corrected chi connectivity index (χ3v) is 1.46. The summed E-state index contributed by atoms with van der Waals surface area (Å²) in [6.07, 6.45) is -0.111. The largest absolute Gasteiger partial charge is 0.465 e. The first kappa shape index (κ1) is 16.7. The Morgan fingerprint density at radius 1 is 1.20 bits per heavy atom. The summed E-state index contributed by atoms with van der Waals surface area (Å²) in [5.74, 6) is -0.978. The third kappa shape index (κ3) is 9.57. The van der Waals surface area contributed by atoms with Crippen LogP contribution in [0, 0.1) is 0 Å². The Morgan fingerprint density at radius 2 is 1.73 bits per heavy atom. The van der Waals surface area contributed by atoms with Crippen molar-refractivity contribution in [3.63, 3.8) is 0 Å². The summed E-state index contributed by atoms with van der Waals surface area (Å²) in [5, 5.41) is 0. The van der Waals surface area contributed by atoms with Gasteiger partial charge < -0.3 is 4.74 Å². The zero-order chi connectivity index (χ0) is 11.1. The average Bonchev–Trinajstić information content (AvgIpc) is 2.02. The molecular weight excluding hydrogens is 232 g/mol. The number of allylic oxidation sites excluding steroid dienone is 1. The molecular formula is C10H14O4Ti. The van der Waals surface area contributed by atoms with E-state index in [4.69, 9.17) is 0 Å². The zero-order valence-electron chi connectivity index (χ0n) is 8.96. The van der Waals surface area contributed by atoms with Gasteiger partial charge in [-0.1, -0.05) is 6.58 Å². The van der Waals surface area contributed by atoms with Crippen molar-refractivity contribution < 1.29 is 40.8 Å². The van der Waals surface area contributed by atoms with Gasteiger partial charge in [-0.15, -0.1) is 0 Å². The van der Waals surface area contributed by atoms with E-state index in [1.54, 1.807) is 6.92 Å². The molecule has 15 heavy (non-hydrogen) atoms. The molecule has 0 unspecified atom stereocenters. The minimum atomic E-state index is -0.591. The molecule has 0 amide bonds. The smallest absolute Gasteiger partial charge is 0.313 e. The molecule has 0 rings (SSSR count). The number of Topliss-reactive ketones (excluding diaryl/α,β-unsaturated/α-hetero) is 2. The fraction of sp³-hybridized carbons (Fsp3) is 0.500. The molecule has 0 bridgehead atoms. The van der Waals surface area contributed by atoms with Crippen LogP contribution in [0.2, 0.25) is 0 Å². The van der Waals surface area contributed by atoms with Gasteiger partial charge in [-0.3, -0.25) is 14.4 Å². The Balaban J connectivity index is 0. The van der Waals surface area contributed by atoms with Crippen LogP contribution in [-0.4, -0.2) is 24.1 Å². The number of rotatable bonds is 6. The Kier molecular flexibility index (Phi) is 9.52. The van der Waals surface area contributed by atoms with Crippen LogP contribution in [0.3, 0.4) is 0 Å². The molecule has 0 aliphatic carbocycles. The molecule has 4 nitrogen and oxygen atoms in total. The van der Waals surface area contributed by atoms with E-state index in [1.165, 1.54) is 6.92 Å². The maximum Gasteiger partial charge on any atom is 0.313 e. The van der Waals surface area contributed by atoms with E-state index in [1.807, 2.05) is 0 Å². The maximum atomic E-state index is 11.0. The molecule has 5 heteroatoms. The van der Waals surface area contributed by atoms with Crippen molar-refractivity contribution in [3.8, 4) is 0 Å². The first-order valence-electron chi connectivity index (χ1n) is 4.27. The van der Waals surface area contributed by atoms with Crippen molar-refractivity contribution in [1.82, 2.24) is 0 Å². The molecule has 0 spiro atoms. The van der Waals surface area contributed by atoms with Crippen molar-refractivity contribution in [2.24, 2.45) is 0 Å². The van der Waals surface area contributed by atoms with Crippen molar-refractivity contribution >= 4 is 17.5 Å². The van der Waals surface area contributed by atoms with Gasteiger partial charge in [0.2, 0.25) is 0 Å². The van der Waals surface area contributed by atoms with Gasteiger partial charge in [-0.2, -0.15) is 0 Å². The standard InChI is InChI=1S/C10H14O4.Ti/c1-7(2)9(12)4-5-14-10(13)6-8(3)11;/h1,4-6H2,2-3H3;. The van der Waals surface area contributed by atoms with E-state index < -0.39 is 5.97 Å². The molecule has 0 N–H and O–H groups in total. The van der Waals surface area contributed by atoms with Gasteiger partial charge in [0, 0.05) is 28.1 Å². The molecule has 0 saturated carbocycles. The van der Waals surface area contributed by atoms with Crippen molar-refractivity contribution in [3.05, 3.63) is 12.2 Å². The summed E-state index contributed by atoms with van der Waals surface area (Å²) in [6, 6.07) is 0. The summed E-state index contributed by atoms with van der Waals surface area (Å²) < 4.78 is 4.65. The quantitative estimate of drug-likeness (QED) is 0.304. The van der Waals surface area contributed by atoms with Crippen LogP contribution in [-0.2, 0) is 40.8 Å². The summed E-state index contributed by atoms with van der Waals surface area (Å²) in [7, 11) is 0. The van der Waals surface area contributed by atoms with Gasteiger partial charge in [0.05, 0.1) is 6.61 Å². The Hall–Kier alpha value is -0.736. The Labute approximate surface area is 104 Å². The van der Waals surface area contributed by atoms with Crippen LogP contribution in [0.15, 0.2) is 12.2 Å². The van der Waals surface area contributed by atoms with E-state index in [0.717, 1.165) is 0 Å². The van der Waals surface area contributed by atoms with Crippen LogP contribution in [0.1, 0.15) is 26.7 Å². The van der Waals surface area contributed by atoms with Crippen LogP contribution in [0.5, 0.6) is 0 Å². The number of carbonyl (C=O) groups excluding carboxylic acids is 3. The van der Waals surface area contributed by atoms with Crippen LogP contribution in [0.4, 0.5) is 0 Å². The second kappa shape index (κ2) is 8.56. The molecule has 0 aromatic heterocycles. The van der Waals surface area contributed by atoms with Gasteiger partial charge in [0.25, 0.3) is 0 Å². The summed E-state index contributed by atoms with van der Waals surface area (Å²) in [6.45, 7) is 6.37. The Bertz CT molecular complexity index is 271.